The first-order valence-corrected chi connectivity index (χ1v) is 9.52. The van der Waals surface area contributed by atoms with E-state index in [0.29, 0.717) is 36.1 Å². The number of methoxy groups -OCH3 is 1. The van der Waals surface area contributed by atoms with E-state index in [9.17, 15) is 8.78 Å². The molecule has 2 aromatic carbocycles. The Morgan fingerprint density at radius 2 is 1.87 bits per heavy atom. The molecule has 10 heteroatoms. The van der Waals surface area contributed by atoms with Crippen LogP contribution in [0, 0.1) is 0 Å². The number of halogens is 3. The number of ether oxygens (including phenoxy) is 3. The van der Waals surface area contributed by atoms with Crippen molar-refractivity contribution >= 4 is 29.9 Å². The molecule has 0 fully saturated rings. The van der Waals surface area contributed by atoms with Gasteiger partial charge in [0.2, 0.25) is 0 Å². The number of aliphatic hydroxyl groups excluding tert-OH is 1. The molecule has 0 bridgehead atoms. The Morgan fingerprint density at radius 1 is 1.10 bits per heavy atom. The summed E-state index contributed by atoms with van der Waals surface area (Å²) in [5, 5.41) is 15.1. The molecular formula is C21H28F2IN3O4. The Hall–Kier alpha value is -2.34. The summed E-state index contributed by atoms with van der Waals surface area (Å²) < 4.78 is 40.5. The summed E-state index contributed by atoms with van der Waals surface area (Å²) in [5.74, 6) is 1.75. The first kappa shape index (κ1) is 26.7. The second kappa shape index (κ2) is 14.6. The number of alkyl halides is 2. The lowest BCUT2D eigenvalue weighted by molar-refractivity contribution is -0.0504. The maximum atomic E-state index is 12.6. The number of para-hydroxylation sites is 1. The van der Waals surface area contributed by atoms with E-state index in [1.807, 2.05) is 19.1 Å². The fourth-order valence-electron chi connectivity index (χ4n) is 2.64. The van der Waals surface area contributed by atoms with Crippen LogP contribution in [0.3, 0.4) is 0 Å². The van der Waals surface area contributed by atoms with Crippen LogP contribution in [0.2, 0.25) is 0 Å². The summed E-state index contributed by atoms with van der Waals surface area (Å²) in [6.07, 6.45) is 0. The van der Waals surface area contributed by atoms with Crippen molar-refractivity contribution in [3.63, 3.8) is 0 Å². The van der Waals surface area contributed by atoms with E-state index >= 15 is 0 Å². The van der Waals surface area contributed by atoms with Crippen molar-refractivity contribution in [1.29, 1.82) is 0 Å². The van der Waals surface area contributed by atoms with Gasteiger partial charge < -0.3 is 30.0 Å². The molecular weight excluding hydrogens is 523 g/mol. The van der Waals surface area contributed by atoms with Crippen LogP contribution in [-0.2, 0) is 13.1 Å². The molecule has 7 nitrogen and oxygen atoms in total. The summed E-state index contributed by atoms with van der Waals surface area (Å²) in [5.41, 5.74) is 1.48. The first-order valence-electron chi connectivity index (χ1n) is 9.52. The molecule has 0 atom stereocenters. The zero-order valence-electron chi connectivity index (χ0n) is 17.4. The number of hydrogen-bond acceptors (Lipinski definition) is 5. The lowest BCUT2D eigenvalue weighted by Crippen LogP contribution is -2.36. The number of nitrogens with zero attached hydrogens (tertiary/aromatic N) is 1. The number of hydrogen-bond donors (Lipinski definition) is 3. The summed E-state index contributed by atoms with van der Waals surface area (Å²) in [7, 11) is 1.54. The molecule has 0 aliphatic heterocycles. The number of aliphatic imine (C=N–C) groups is 1. The molecule has 2 aromatic rings. The van der Waals surface area contributed by atoms with Crippen molar-refractivity contribution in [3.05, 3.63) is 53.6 Å². The van der Waals surface area contributed by atoms with E-state index < -0.39 is 6.61 Å². The number of rotatable bonds is 11. The minimum absolute atomic E-state index is 0. The van der Waals surface area contributed by atoms with Crippen LogP contribution < -0.4 is 24.8 Å². The average Bonchev–Trinajstić information content (AvgIpc) is 2.75. The number of nitrogens with one attached hydrogen (secondary N) is 2. The highest BCUT2D eigenvalue weighted by molar-refractivity contribution is 14.0. The Bertz CT molecular complexity index is 825. The van der Waals surface area contributed by atoms with E-state index in [4.69, 9.17) is 14.6 Å². The molecule has 0 saturated heterocycles. The predicted molar refractivity (Wildman–Crippen MR) is 126 cm³/mol. The largest absolute Gasteiger partial charge is 0.493 e. The lowest BCUT2D eigenvalue weighted by Gasteiger charge is -2.14. The lowest BCUT2D eigenvalue weighted by atomic mass is 10.2. The van der Waals surface area contributed by atoms with Gasteiger partial charge in [-0.05, 0) is 30.7 Å². The molecule has 3 N–H and O–H groups in total. The van der Waals surface area contributed by atoms with Gasteiger partial charge in [0.05, 0.1) is 20.3 Å². The molecule has 0 radical (unpaired) electrons. The molecule has 0 aromatic heterocycles. The van der Waals surface area contributed by atoms with Crippen LogP contribution in [-0.4, -0.2) is 44.5 Å². The van der Waals surface area contributed by atoms with Crippen LogP contribution in [0.15, 0.2) is 47.5 Å². The quantitative estimate of drug-likeness (QED) is 0.225. The van der Waals surface area contributed by atoms with Gasteiger partial charge in [0.15, 0.2) is 17.5 Å². The highest BCUT2D eigenvalue weighted by atomic mass is 127. The molecule has 2 rings (SSSR count). The highest BCUT2D eigenvalue weighted by Crippen LogP contribution is 2.28. The molecule has 0 saturated carbocycles. The van der Waals surface area contributed by atoms with Gasteiger partial charge in [0, 0.05) is 18.7 Å². The third-order valence-electron chi connectivity index (χ3n) is 3.98. The zero-order chi connectivity index (χ0) is 21.8. The van der Waals surface area contributed by atoms with Crippen molar-refractivity contribution in [1.82, 2.24) is 10.6 Å². The zero-order valence-corrected chi connectivity index (χ0v) is 19.8. The third kappa shape index (κ3) is 9.13. The van der Waals surface area contributed by atoms with Crippen molar-refractivity contribution in [3.8, 4) is 17.2 Å². The fourth-order valence-corrected chi connectivity index (χ4v) is 2.64. The normalized spacial score (nSPS) is 11.0. The summed E-state index contributed by atoms with van der Waals surface area (Å²) in [6, 6.07) is 12.0. The minimum atomic E-state index is -2.88. The molecule has 0 aliphatic carbocycles. The average molecular weight is 551 g/mol. The molecule has 0 spiro atoms. The summed E-state index contributed by atoms with van der Waals surface area (Å²) >= 11 is 0. The van der Waals surface area contributed by atoms with Crippen molar-refractivity contribution in [2.75, 3.05) is 26.9 Å². The monoisotopic (exact) mass is 551 g/mol. The van der Waals surface area contributed by atoms with E-state index in [2.05, 4.69) is 20.4 Å². The van der Waals surface area contributed by atoms with Gasteiger partial charge in [-0.2, -0.15) is 8.78 Å². The summed E-state index contributed by atoms with van der Waals surface area (Å²) in [4.78, 5) is 4.53. The van der Waals surface area contributed by atoms with Crippen LogP contribution in [0.25, 0.3) is 0 Å². The van der Waals surface area contributed by atoms with E-state index in [1.54, 1.807) is 31.4 Å². The Morgan fingerprint density at radius 3 is 2.55 bits per heavy atom. The highest BCUT2D eigenvalue weighted by Gasteiger charge is 2.10. The van der Waals surface area contributed by atoms with Crippen molar-refractivity contribution < 1.29 is 28.1 Å². The van der Waals surface area contributed by atoms with Crippen LogP contribution in [0.4, 0.5) is 8.78 Å². The Balaban J connectivity index is 0.00000480. The standard InChI is InChI=1S/C21H27F2N3O4.HI/c1-3-24-21(26-14-16-6-4-5-7-17(16)30-20(22)23)25-13-15-8-9-18(29-11-10-27)19(12-15)28-2;/h4-9,12,20,27H,3,10-11,13-14H2,1-2H3,(H2,24,25,26);1H. The topological polar surface area (TPSA) is 84.3 Å². The van der Waals surface area contributed by atoms with Gasteiger partial charge in [-0.3, -0.25) is 0 Å². The van der Waals surface area contributed by atoms with Gasteiger partial charge in [0.1, 0.15) is 12.4 Å². The van der Waals surface area contributed by atoms with E-state index in [-0.39, 0.29) is 49.5 Å². The molecule has 0 heterocycles. The molecule has 31 heavy (non-hydrogen) atoms. The number of benzene rings is 2. The van der Waals surface area contributed by atoms with E-state index in [1.165, 1.54) is 6.07 Å². The Labute approximate surface area is 197 Å². The van der Waals surface area contributed by atoms with Gasteiger partial charge in [-0.25, -0.2) is 4.99 Å². The number of aliphatic hydroxyl groups is 1. The molecule has 172 valence electrons. The van der Waals surface area contributed by atoms with Gasteiger partial charge in [0.25, 0.3) is 0 Å². The van der Waals surface area contributed by atoms with Crippen molar-refractivity contribution in [2.45, 2.75) is 26.6 Å². The smallest absolute Gasteiger partial charge is 0.387 e. The van der Waals surface area contributed by atoms with Crippen LogP contribution in [0.1, 0.15) is 18.1 Å². The molecule has 0 amide bonds. The third-order valence-corrected chi connectivity index (χ3v) is 3.98. The van der Waals surface area contributed by atoms with Gasteiger partial charge >= 0.3 is 6.61 Å². The van der Waals surface area contributed by atoms with Crippen LogP contribution >= 0.6 is 24.0 Å². The van der Waals surface area contributed by atoms with Gasteiger partial charge in [-0.1, -0.05) is 24.3 Å². The van der Waals surface area contributed by atoms with Crippen molar-refractivity contribution in [2.24, 2.45) is 4.99 Å². The fraction of sp³-hybridized carbons (Fsp3) is 0.381. The first-order chi connectivity index (χ1) is 14.6. The minimum Gasteiger partial charge on any atom is -0.493 e. The van der Waals surface area contributed by atoms with Crippen LogP contribution in [0.5, 0.6) is 17.2 Å². The summed E-state index contributed by atoms with van der Waals surface area (Å²) in [6.45, 7) is 0.414. The SMILES string of the molecule is CCNC(=NCc1ccc(OCCO)c(OC)c1)NCc1ccccc1OC(F)F.I. The predicted octanol–water partition coefficient (Wildman–Crippen LogP) is 3.54. The second-order valence-electron chi connectivity index (χ2n) is 6.09. The molecule has 0 aliphatic rings. The second-order valence-corrected chi connectivity index (χ2v) is 6.09. The molecule has 0 unspecified atom stereocenters. The number of guanidine groups is 1. The van der Waals surface area contributed by atoms with Gasteiger partial charge in [-0.15, -0.1) is 24.0 Å². The maximum absolute atomic E-state index is 12.6. The Kier molecular flexibility index (Phi) is 12.6. The van der Waals surface area contributed by atoms with E-state index in [0.717, 1.165) is 5.56 Å². The maximum Gasteiger partial charge on any atom is 0.387 e.